The van der Waals surface area contributed by atoms with Gasteiger partial charge in [-0.25, -0.2) is 9.97 Å². The van der Waals surface area contributed by atoms with E-state index in [1.165, 1.54) is 0 Å². The molecule has 0 fully saturated rings. The highest BCUT2D eigenvalue weighted by Crippen LogP contribution is 2.38. The highest BCUT2D eigenvalue weighted by atomic mass is 32.2. The standard InChI is InChI=1S/C19H14N2O4S/c1-26-18-8-13(11-2-4-14-16(6-11)24-9-22-14)20-19(21-18)12-3-5-15-17(7-12)25-10-23-15/h2-8H,9-10H2,1H3. The number of benzene rings is 2. The van der Waals surface area contributed by atoms with Crippen LogP contribution in [0.25, 0.3) is 22.6 Å². The van der Waals surface area contributed by atoms with Gasteiger partial charge >= 0.3 is 0 Å². The summed E-state index contributed by atoms with van der Waals surface area (Å²) in [6, 6.07) is 13.5. The number of nitrogens with zero attached hydrogens (tertiary/aromatic N) is 2. The number of hydrogen-bond acceptors (Lipinski definition) is 7. The summed E-state index contributed by atoms with van der Waals surface area (Å²) in [5, 5.41) is 0.889. The Balaban J connectivity index is 1.60. The second kappa shape index (κ2) is 6.10. The van der Waals surface area contributed by atoms with Crippen LogP contribution in [-0.2, 0) is 0 Å². The van der Waals surface area contributed by atoms with Crippen LogP contribution >= 0.6 is 11.8 Å². The first-order valence-electron chi connectivity index (χ1n) is 8.03. The van der Waals surface area contributed by atoms with Crippen LogP contribution in [0.2, 0.25) is 0 Å². The monoisotopic (exact) mass is 366 g/mol. The van der Waals surface area contributed by atoms with Crippen molar-refractivity contribution in [2.45, 2.75) is 5.03 Å². The molecule has 0 radical (unpaired) electrons. The molecule has 6 nitrogen and oxygen atoms in total. The summed E-state index contributed by atoms with van der Waals surface area (Å²) in [6.45, 7) is 0.494. The minimum Gasteiger partial charge on any atom is -0.454 e. The van der Waals surface area contributed by atoms with Gasteiger partial charge in [-0.15, -0.1) is 11.8 Å². The lowest BCUT2D eigenvalue weighted by atomic mass is 10.1. The third-order valence-corrected chi connectivity index (χ3v) is 4.84. The molecule has 0 amide bonds. The van der Waals surface area contributed by atoms with Crippen LogP contribution in [0.1, 0.15) is 0 Å². The summed E-state index contributed by atoms with van der Waals surface area (Å²) in [5.74, 6) is 3.58. The Morgan fingerprint density at radius 3 is 2.04 bits per heavy atom. The molecular formula is C19H14N2O4S. The van der Waals surface area contributed by atoms with Gasteiger partial charge in [0.2, 0.25) is 13.6 Å². The van der Waals surface area contributed by atoms with Crippen molar-refractivity contribution in [2.24, 2.45) is 0 Å². The number of rotatable bonds is 3. The molecule has 0 saturated heterocycles. The van der Waals surface area contributed by atoms with Gasteiger partial charge in [0, 0.05) is 11.1 Å². The third-order valence-electron chi connectivity index (χ3n) is 4.21. The molecule has 0 spiro atoms. The van der Waals surface area contributed by atoms with Gasteiger partial charge in [0.05, 0.1) is 5.69 Å². The van der Waals surface area contributed by atoms with E-state index in [0.29, 0.717) is 11.6 Å². The van der Waals surface area contributed by atoms with Gasteiger partial charge in [-0.2, -0.15) is 0 Å². The maximum absolute atomic E-state index is 5.48. The summed E-state index contributed by atoms with van der Waals surface area (Å²) < 4.78 is 21.7. The summed E-state index contributed by atoms with van der Waals surface area (Å²) in [6.07, 6.45) is 2.00. The maximum atomic E-state index is 5.48. The lowest BCUT2D eigenvalue weighted by molar-refractivity contribution is 0.173. The van der Waals surface area contributed by atoms with E-state index >= 15 is 0 Å². The molecule has 3 aromatic rings. The molecule has 7 heteroatoms. The average molecular weight is 366 g/mol. The number of thioether (sulfide) groups is 1. The van der Waals surface area contributed by atoms with Crippen molar-refractivity contribution in [3.8, 4) is 45.6 Å². The molecule has 2 aromatic carbocycles. The van der Waals surface area contributed by atoms with E-state index in [-0.39, 0.29) is 13.6 Å². The molecule has 0 atom stereocenters. The summed E-state index contributed by atoms with van der Waals surface area (Å²) in [7, 11) is 0. The number of hydrogen-bond donors (Lipinski definition) is 0. The van der Waals surface area contributed by atoms with Crippen molar-refractivity contribution >= 4 is 11.8 Å². The van der Waals surface area contributed by atoms with Crippen molar-refractivity contribution in [3.63, 3.8) is 0 Å². The first kappa shape index (κ1) is 15.3. The van der Waals surface area contributed by atoms with E-state index in [2.05, 4.69) is 4.98 Å². The zero-order valence-corrected chi connectivity index (χ0v) is 14.7. The molecule has 0 saturated carbocycles. The zero-order valence-electron chi connectivity index (χ0n) is 13.9. The minimum atomic E-state index is 0.243. The summed E-state index contributed by atoms with van der Waals surface area (Å²) >= 11 is 1.57. The van der Waals surface area contributed by atoms with Crippen LogP contribution in [-0.4, -0.2) is 29.8 Å². The molecule has 0 unspecified atom stereocenters. The van der Waals surface area contributed by atoms with E-state index in [9.17, 15) is 0 Å². The lowest BCUT2D eigenvalue weighted by Gasteiger charge is -2.08. The van der Waals surface area contributed by atoms with E-state index < -0.39 is 0 Å². The van der Waals surface area contributed by atoms with Crippen LogP contribution in [0.3, 0.4) is 0 Å². The van der Waals surface area contributed by atoms with E-state index in [1.807, 2.05) is 48.7 Å². The molecule has 26 heavy (non-hydrogen) atoms. The fourth-order valence-electron chi connectivity index (χ4n) is 2.90. The van der Waals surface area contributed by atoms with Gasteiger partial charge in [0.25, 0.3) is 0 Å². The topological polar surface area (TPSA) is 62.7 Å². The van der Waals surface area contributed by atoms with Crippen LogP contribution in [0.5, 0.6) is 23.0 Å². The lowest BCUT2D eigenvalue weighted by Crippen LogP contribution is -1.95. The SMILES string of the molecule is CSc1cc(-c2ccc3c(c2)OCO3)nc(-c2ccc3c(c2)OCO3)n1. The molecule has 2 aliphatic heterocycles. The van der Waals surface area contributed by atoms with Crippen molar-refractivity contribution in [1.29, 1.82) is 0 Å². The molecule has 1 aromatic heterocycles. The van der Waals surface area contributed by atoms with Gasteiger partial charge in [-0.05, 0) is 48.7 Å². The van der Waals surface area contributed by atoms with E-state index in [0.717, 1.165) is 39.1 Å². The predicted molar refractivity (Wildman–Crippen MR) is 96.9 cm³/mol. The van der Waals surface area contributed by atoms with Gasteiger partial charge in [0.1, 0.15) is 5.03 Å². The average Bonchev–Trinajstić information content (AvgIpc) is 3.35. The fourth-order valence-corrected chi connectivity index (χ4v) is 3.31. The van der Waals surface area contributed by atoms with Gasteiger partial charge in [0.15, 0.2) is 28.8 Å². The molecule has 5 rings (SSSR count). The number of fused-ring (bicyclic) bond motifs is 2. The number of ether oxygens (including phenoxy) is 4. The molecule has 2 aliphatic rings. The predicted octanol–water partition coefficient (Wildman–Crippen LogP) is 3.99. The Hall–Kier alpha value is -2.93. The normalized spacial score (nSPS) is 13.9. The zero-order chi connectivity index (χ0) is 17.5. The van der Waals surface area contributed by atoms with E-state index in [1.54, 1.807) is 11.8 Å². The van der Waals surface area contributed by atoms with Crippen molar-refractivity contribution in [3.05, 3.63) is 42.5 Å². The highest BCUT2D eigenvalue weighted by Gasteiger charge is 2.18. The smallest absolute Gasteiger partial charge is 0.231 e. The second-order valence-corrected chi connectivity index (χ2v) is 6.58. The van der Waals surface area contributed by atoms with Gasteiger partial charge in [-0.1, -0.05) is 0 Å². The van der Waals surface area contributed by atoms with Crippen LogP contribution in [0, 0.1) is 0 Å². The van der Waals surface area contributed by atoms with Crippen molar-refractivity contribution in [1.82, 2.24) is 9.97 Å². The second-order valence-electron chi connectivity index (χ2n) is 5.76. The Morgan fingerprint density at radius 1 is 0.731 bits per heavy atom. The first-order chi connectivity index (χ1) is 12.8. The molecule has 0 aliphatic carbocycles. The minimum absolute atomic E-state index is 0.243. The largest absolute Gasteiger partial charge is 0.454 e. The Morgan fingerprint density at radius 2 is 1.35 bits per heavy atom. The molecule has 3 heterocycles. The molecule has 130 valence electrons. The molecular weight excluding hydrogens is 352 g/mol. The molecule has 0 bridgehead atoms. The first-order valence-corrected chi connectivity index (χ1v) is 9.26. The summed E-state index contributed by atoms with van der Waals surface area (Å²) in [4.78, 5) is 9.40. The number of aromatic nitrogens is 2. The van der Waals surface area contributed by atoms with Crippen molar-refractivity contribution in [2.75, 3.05) is 19.8 Å². The third kappa shape index (κ3) is 2.61. The van der Waals surface area contributed by atoms with Crippen LogP contribution in [0.4, 0.5) is 0 Å². The van der Waals surface area contributed by atoms with E-state index in [4.69, 9.17) is 23.9 Å². The van der Waals surface area contributed by atoms with Crippen LogP contribution < -0.4 is 18.9 Å². The molecule has 0 N–H and O–H groups in total. The van der Waals surface area contributed by atoms with Gasteiger partial charge < -0.3 is 18.9 Å². The summed E-state index contributed by atoms with van der Waals surface area (Å²) in [5.41, 5.74) is 2.66. The van der Waals surface area contributed by atoms with Crippen LogP contribution in [0.15, 0.2) is 47.5 Å². The Labute approximate surface area is 154 Å². The maximum Gasteiger partial charge on any atom is 0.231 e. The quantitative estimate of drug-likeness (QED) is 0.513. The fraction of sp³-hybridized carbons (Fsp3) is 0.158. The highest BCUT2D eigenvalue weighted by molar-refractivity contribution is 7.98. The Bertz CT molecular complexity index is 933. The van der Waals surface area contributed by atoms with Crippen molar-refractivity contribution < 1.29 is 18.9 Å². The Kier molecular flexibility index (Phi) is 3.60. The van der Waals surface area contributed by atoms with Gasteiger partial charge in [-0.3, -0.25) is 0 Å².